The maximum Gasteiger partial charge on any atom is 0.282 e. The molecule has 0 unspecified atom stereocenters. The highest BCUT2D eigenvalue weighted by atomic mass is 16.6. The topological polar surface area (TPSA) is 108 Å². The van der Waals surface area contributed by atoms with Crippen LogP contribution in [0.2, 0.25) is 0 Å². The number of amides is 1. The Morgan fingerprint density at radius 2 is 1.93 bits per heavy atom. The van der Waals surface area contributed by atoms with Gasteiger partial charge in [0.15, 0.2) is 5.58 Å². The van der Waals surface area contributed by atoms with Gasteiger partial charge in [0.2, 0.25) is 5.89 Å². The molecule has 0 fully saturated rings. The molecule has 4 rings (SSSR count). The molecule has 29 heavy (non-hydrogen) atoms. The number of fused-ring (bicyclic) bond motifs is 1. The molecule has 0 spiro atoms. The molecule has 8 nitrogen and oxygen atoms in total. The number of benzene rings is 3. The lowest BCUT2D eigenvalue weighted by atomic mass is 10.1. The number of oxazole rings is 1. The van der Waals surface area contributed by atoms with Gasteiger partial charge in [0.25, 0.3) is 11.6 Å². The molecule has 3 aromatic carbocycles. The normalized spacial score (nSPS) is 10.7. The van der Waals surface area contributed by atoms with E-state index in [4.69, 9.17) is 9.15 Å². The molecule has 0 aliphatic rings. The highest BCUT2D eigenvalue weighted by Crippen LogP contribution is 2.28. The molecule has 0 aliphatic heterocycles. The quantitative estimate of drug-likeness (QED) is 0.393. The van der Waals surface area contributed by atoms with Gasteiger partial charge in [0.1, 0.15) is 16.8 Å². The molecule has 0 aliphatic carbocycles. The van der Waals surface area contributed by atoms with E-state index in [1.165, 1.54) is 18.2 Å². The fraction of sp³-hybridized carbons (Fsp3) is 0.0476. The molecule has 144 valence electrons. The Morgan fingerprint density at radius 1 is 1.10 bits per heavy atom. The van der Waals surface area contributed by atoms with Crippen LogP contribution in [0.15, 0.2) is 71.1 Å². The van der Waals surface area contributed by atoms with Crippen molar-refractivity contribution < 1.29 is 18.9 Å². The number of carbonyl (C=O) groups excluding carboxylic acids is 1. The molecule has 1 N–H and O–H groups in total. The summed E-state index contributed by atoms with van der Waals surface area (Å²) in [6.45, 7) is 0. The maximum absolute atomic E-state index is 12.5. The summed E-state index contributed by atoms with van der Waals surface area (Å²) in [5.41, 5.74) is 2.10. The summed E-state index contributed by atoms with van der Waals surface area (Å²) in [6.07, 6.45) is 0. The first kappa shape index (κ1) is 18.2. The van der Waals surface area contributed by atoms with Crippen molar-refractivity contribution in [3.8, 4) is 17.2 Å². The van der Waals surface area contributed by atoms with Gasteiger partial charge in [-0.2, -0.15) is 0 Å². The number of aromatic nitrogens is 1. The molecule has 0 radical (unpaired) electrons. The van der Waals surface area contributed by atoms with E-state index in [1.54, 1.807) is 55.6 Å². The van der Waals surface area contributed by atoms with Crippen LogP contribution in [0.1, 0.15) is 10.4 Å². The monoisotopic (exact) mass is 389 g/mol. The summed E-state index contributed by atoms with van der Waals surface area (Å²) in [5.74, 6) is 0.481. The van der Waals surface area contributed by atoms with E-state index in [0.717, 1.165) is 0 Å². The minimum Gasteiger partial charge on any atom is -0.497 e. The number of para-hydroxylation sites is 1. The second kappa shape index (κ2) is 7.43. The number of rotatable bonds is 5. The number of nitro groups is 1. The summed E-state index contributed by atoms with van der Waals surface area (Å²) < 4.78 is 11.0. The smallest absolute Gasteiger partial charge is 0.282 e. The van der Waals surface area contributed by atoms with Crippen LogP contribution in [0.25, 0.3) is 22.6 Å². The molecule has 0 saturated carbocycles. The van der Waals surface area contributed by atoms with Crippen molar-refractivity contribution in [3.05, 3.63) is 82.4 Å². The van der Waals surface area contributed by atoms with Crippen LogP contribution in [0.4, 0.5) is 11.4 Å². The number of nitrogens with zero attached hydrogens (tertiary/aromatic N) is 2. The van der Waals surface area contributed by atoms with Crippen molar-refractivity contribution in [2.24, 2.45) is 0 Å². The maximum atomic E-state index is 12.5. The number of nitrogens with one attached hydrogen (secondary N) is 1. The van der Waals surface area contributed by atoms with Gasteiger partial charge in [0, 0.05) is 23.4 Å². The van der Waals surface area contributed by atoms with Crippen molar-refractivity contribution in [1.29, 1.82) is 0 Å². The SMILES string of the molecule is COc1ccc2oc(-c3cccc(NC(=O)c4ccccc4[N+](=O)[O-])c3)nc2c1. The molecular weight excluding hydrogens is 374 g/mol. The fourth-order valence-electron chi connectivity index (χ4n) is 2.91. The van der Waals surface area contributed by atoms with E-state index in [2.05, 4.69) is 10.3 Å². The van der Waals surface area contributed by atoms with Gasteiger partial charge >= 0.3 is 0 Å². The van der Waals surface area contributed by atoms with Gasteiger partial charge in [0.05, 0.1) is 12.0 Å². The number of anilines is 1. The molecule has 0 bridgehead atoms. The van der Waals surface area contributed by atoms with Gasteiger partial charge in [-0.25, -0.2) is 4.98 Å². The van der Waals surface area contributed by atoms with E-state index < -0.39 is 10.8 Å². The highest BCUT2D eigenvalue weighted by Gasteiger charge is 2.19. The van der Waals surface area contributed by atoms with Crippen molar-refractivity contribution in [1.82, 2.24) is 4.98 Å². The van der Waals surface area contributed by atoms with Crippen LogP contribution < -0.4 is 10.1 Å². The van der Waals surface area contributed by atoms with Crippen LogP contribution in [0.3, 0.4) is 0 Å². The minimum atomic E-state index is -0.585. The van der Waals surface area contributed by atoms with Crippen molar-refractivity contribution in [2.45, 2.75) is 0 Å². The standard InChI is InChI=1S/C21H15N3O5/c1-28-15-9-10-19-17(12-15)23-21(29-19)13-5-4-6-14(11-13)22-20(25)16-7-2-3-8-18(16)24(26)27/h2-12H,1H3,(H,22,25). The van der Waals surface area contributed by atoms with Gasteiger partial charge < -0.3 is 14.5 Å². The van der Waals surface area contributed by atoms with Crippen LogP contribution in [0.5, 0.6) is 5.75 Å². The lowest BCUT2D eigenvalue weighted by Gasteiger charge is -2.06. The molecule has 4 aromatic rings. The Morgan fingerprint density at radius 3 is 2.72 bits per heavy atom. The third-order valence-electron chi connectivity index (χ3n) is 4.31. The van der Waals surface area contributed by atoms with Crippen LogP contribution >= 0.6 is 0 Å². The molecule has 1 heterocycles. The van der Waals surface area contributed by atoms with E-state index in [-0.39, 0.29) is 11.3 Å². The lowest BCUT2D eigenvalue weighted by molar-refractivity contribution is -0.385. The third kappa shape index (κ3) is 3.63. The number of hydrogen-bond acceptors (Lipinski definition) is 6. The molecule has 0 atom stereocenters. The first-order chi connectivity index (χ1) is 14.0. The Hall–Kier alpha value is -4.20. The second-order valence-corrected chi connectivity index (χ2v) is 6.16. The second-order valence-electron chi connectivity index (χ2n) is 6.16. The first-order valence-electron chi connectivity index (χ1n) is 8.65. The zero-order valence-electron chi connectivity index (χ0n) is 15.3. The molecule has 0 saturated heterocycles. The van der Waals surface area contributed by atoms with Gasteiger partial charge in [-0.15, -0.1) is 0 Å². The summed E-state index contributed by atoms with van der Waals surface area (Å²) in [7, 11) is 1.57. The van der Waals surface area contributed by atoms with E-state index >= 15 is 0 Å². The van der Waals surface area contributed by atoms with Gasteiger partial charge in [-0.3, -0.25) is 14.9 Å². The summed E-state index contributed by atoms with van der Waals surface area (Å²) in [5, 5.41) is 13.8. The Labute approximate surface area is 164 Å². The number of methoxy groups -OCH3 is 1. The molecule has 8 heteroatoms. The van der Waals surface area contributed by atoms with E-state index in [9.17, 15) is 14.9 Å². The van der Waals surface area contributed by atoms with E-state index in [0.29, 0.717) is 34.0 Å². The average molecular weight is 389 g/mol. The highest BCUT2D eigenvalue weighted by molar-refractivity contribution is 6.07. The average Bonchev–Trinajstić information content (AvgIpc) is 3.17. The lowest BCUT2D eigenvalue weighted by Crippen LogP contribution is -2.13. The van der Waals surface area contributed by atoms with Crippen LogP contribution in [0, 0.1) is 10.1 Å². The van der Waals surface area contributed by atoms with Crippen molar-refractivity contribution in [3.63, 3.8) is 0 Å². The van der Waals surface area contributed by atoms with Gasteiger partial charge in [-0.1, -0.05) is 18.2 Å². The Balaban J connectivity index is 1.63. The third-order valence-corrected chi connectivity index (χ3v) is 4.31. The summed E-state index contributed by atoms with van der Waals surface area (Å²) >= 11 is 0. The van der Waals surface area contributed by atoms with Crippen molar-refractivity contribution in [2.75, 3.05) is 12.4 Å². The number of hydrogen-bond donors (Lipinski definition) is 1. The van der Waals surface area contributed by atoms with Crippen LogP contribution in [-0.2, 0) is 0 Å². The largest absolute Gasteiger partial charge is 0.497 e. The Bertz CT molecular complexity index is 1230. The number of ether oxygens (including phenoxy) is 1. The summed E-state index contributed by atoms with van der Waals surface area (Å²) in [6, 6.07) is 18.0. The summed E-state index contributed by atoms with van der Waals surface area (Å²) in [4.78, 5) is 27.5. The van der Waals surface area contributed by atoms with Crippen molar-refractivity contribution >= 4 is 28.4 Å². The Kier molecular flexibility index (Phi) is 4.66. The zero-order chi connectivity index (χ0) is 20.4. The minimum absolute atomic E-state index is 0.0168. The predicted octanol–water partition coefficient (Wildman–Crippen LogP) is 4.66. The number of carbonyl (C=O) groups is 1. The molecule has 1 aromatic heterocycles. The first-order valence-corrected chi connectivity index (χ1v) is 8.65. The molecular formula is C21H15N3O5. The fourth-order valence-corrected chi connectivity index (χ4v) is 2.91. The zero-order valence-corrected chi connectivity index (χ0v) is 15.3. The van der Waals surface area contributed by atoms with Gasteiger partial charge in [-0.05, 0) is 36.4 Å². The van der Waals surface area contributed by atoms with E-state index in [1.807, 2.05) is 0 Å². The predicted molar refractivity (Wildman–Crippen MR) is 107 cm³/mol. The van der Waals surface area contributed by atoms with Crippen LogP contribution in [-0.4, -0.2) is 22.9 Å². The molecule has 1 amide bonds. The number of nitro benzene ring substituents is 1.